The van der Waals surface area contributed by atoms with Crippen LogP contribution >= 0.6 is 0 Å². The monoisotopic (exact) mass is 488 g/mol. The van der Waals surface area contributed by atoms with Crippen LogP contribution in [0.2, 0.25) is 13.1 Å². The van der Waals surface area contributed by atoms with Crippen molar-refractivity contribution in [2.24, 2.45) is 0 Å². The molecule has 0 heterocycles. The van der Waals surface area contributed by atoms with E-state index >= 15 is 0 Å². The Labute approximate surface area is 198 Å². The molecule has 4 aromatic rings. The molecule has 0 spiro atoms. The second-order valence-corrected chi connectivity index (χ2v) is 17.7. The van der Waals surface area contributed by atoms with Gasteiger partial charge in [-0.1, -0.05) is 121 Å². The van der Waals surface area contributed by atoms with Crippen molar-refractivity contribution in [1.82, 2.24) is 0 Å². The standard InChI is InChI=1S/C26H28O4Si3/c1-31(2,29-32(27,23-15-7-3-8-16-23)24-17-9-4-10-18-24)30-33(28,25-19-11-5-12-20-25)26-21-13-6-14-22-26/h3-22,27-28H,1-2H3. The average Bonchev–Trinajstić information content (AvgIpc) is 2.85. The molecule has 0 atom stereocenters. The smallest absolute Gasteiger partial charge is 0.395 e. The van der Waals surface area contributed by atoms with Gasteiger partial charge >= 0.3 is 25.7 Å². The van der Waals surface area contributed by atoms with Gasteiger partial charge in [0, 0.05) is 0 Å². The molecule has 7 heteroatoms. The fourth-order valence-electron chi connectivity index (χ4n) is 3.96. The molecule has 168 valence electrons. The van der Waals surface area contributed by atoms with Gasteiger partial charge < -0.3 is 17.8 Å². The summed E-state index contributed by atoms with van der Waals surface area (Å²) in [6, 6.07) is 38.0. The third-order valence-corrected chi connectivity index (χ3v) is 16.2. The molecule has 0 unspecified atom stereocenters. The van der Waals surface area contributed by atoms with Crippen LogP contribution in [0.25, 0.3) is 0 Å². The minimum atomic E-state index is -3.59. The first kappa shape index (κ1) is 23.5. The summed E-state index contributed by atoms with van der Waals surface area (Å²) in [5, 5.41) is 2.96. The van der Waals surface area contributed by atoms with E-state index in [0.717, 1.165) is 20.7 Å². The second kappa shape index (κ2) is 9.70. The molecule has 0 fully saturated rings. The van der Waals surface area contributed by atoms with Gasteiger partial charge in [0.1, 0.15) is 0 Å². The zero-order valence-electron chi connectivity index (χ0n) is 18.8. The SMILES string of the molecule is C[Si](C)(O[Si](O)(c1ccccc1)c1ccccc1)O[Si](O)(c1ccccc1)c1ccccc1. The third-order valence-electron chi connectivity index (χ3n) is 5.45. The summed E-state index contributed by atoms with van der Waals surface area (Å²) in [6.07, 6.45) is 0. The predicted molar refractivity (Wildman–Crippen MR) is 140 cm³/mol. The molecule has 0 aromatic heterocycles. The minimum absolute atomic E-state index is 0.741. The van der Waals surface area contributed by atoms with E-state index in [1.165, 1.54) is 0 Å². The topological polar surface area (TPSA) is 58.9 Å². The van der Waals surface area contributed by atoms with Crippen molar-refractivity contribution >= 4 is 46.4 Å². The summed E-state index contributed by atoms with van der Waals surface area (Å²) < 4.78 is 13.2. The van der Waals surface area contributed by atoms with Gasteiger partial charge in [0.2, 0.25) is 0 Å². The van der Waals surface area contributed by atoms with E-state index in [0.29, 0.717) is 0 Å². The number of hydrogen-bond acceptors (Lipinski definition) is 4. The lowest BCUT2D eigenvalue weighted by atomic mass is 10.4. The summed E-state index contributed by atoms with van der Waals surface area (Å²) in [6.45, 7) is 3.78. The molecule has 0 saturated heterocycles. The molecule has 0 saturated carbocycles. The van der Waals surface area contributed by atoms with E-state index in [1.807, 2.05) is 134 Å². The van der Waals surface area contributed by atoms with E-state index < -0.39 is 25.7 Å². The maximum absolute atomic E-state index is 12.0. The van der Waals surface area contributed by atoms with E-state index in [1.54, 1.807) is 0 Å². The summed E-state index contributed by atoms with van der Waals surface area (Å²) >= 11 is 0. The molecule has 2 N–H and O–H groups in total. The summed E-state index contributed by atoms with van der Waals surface area (Å²) in [7, 11) is -10.3. The van der Waals surface area contributed by atoms with Crippen molar-refractivity contribution in [2.75, 3.05) is 0 Å². The molecule has 0 bridgehead atoms. The maximum atomic E-state index is 12.0. The van der Waals surface area contributed by atoms with Crippen molar-refractivity contribution in [3.05, 3.63) is 121 Å². The Bertz CT molecular complexity index is 985. The fraction of sp³-hybridized carbons (Fsp3) is 0.0769. The molecule has 4 aromatic carbocycles. The molecule has 0 aliphatic rings. The van der Waals surface area contributed by atoms with E-state index in [4.69, 9.17) is 8.23 Å². The average molecular weight is 489 g/mol. The Morgan fingerprint density at radius 3 is 0.848 bits per heavy atom. The van der Waals surface area contributed by atoms with Crippen LogP contribution in [0.15, 0.2) is 121 Å². The van der Waals surface area contributed by atoms with Crippen molar-refractivity contribution in [1.29, 1.82) is 0 Å². The van der Waals surface area contributed by atoms with Crippen LogP contribution in [0, 0.1) is 0 Å². The molecule has 33 heavy (non-hydrogen) atoms. The highest BCUT2D eigenvalue weighted by molar-refractivity contribution is 7.00. The lowest BCUT2D eigenvalue weighted by molar-refractivity contribution is 0.309. The Morgan fingerprint density at radius 1 is 0.424 bits per heavy atom. The highest BCUT2D eigenvalue weighted by atomic mass is 28.5. The molecule has 0 radical (unpaired) electrons. The van der Waals surface area contributed by atoms with Crippen LogP contribution in [0.3, 0.4) is 0 Å². The number of benzene rings is 4. The summed E-state index contributed by atoms with van der Waals surface area (Å²) in [5.74, 6) is 0. The van der Waals surface area contributed by atoms with Crippen LogP contribution in [-0.2, 0) is 8.23 Å². The Hall–Kier alpha value is -2.63. The maximum Gasteiger partial charge on any atom is 0.395 e. The zero-order valence-corrected chi connectivity index (χ0v) is 21.8. The quantitative estimate of drug-likeness (QED) is 0.374. The van der Waals surface area contributed by atoms with E-state index in [-0.39, 0.29) is 0 Å². The Balaban J connectivity index is 1.75. The molecule has 0 amide bonds. The first-order valence-electron chi connectivity index (χ1n) is 10.9. The lowest BCUT2D eigenvalue weighted by Crippen LogP contribution is -2.71. The number of hydrogen-bond donors (Lipinski definition) is 2. The molecular weight excluding hydrogens is 461 g/mol. The van der Waals surface area contributed by atoms with Gasteiger partial charge in [-0.3, -0.25) is 0 Å². The van der Waals surface area contributed by atoms with Gasteiger partial charge in [0.05, 0.1) is 0 Å². The Kier molecular flexibility index (Phi) is 6.91. The van der Waals surface area contributed by atoms with Gasteiger partial charge in [-0.05, 0) is 33.8 Å². The van der Waals surface area contributed by atoms with Gasteiger partial charge in [0.25, 0.3) is 0 Å². The van der Waals surface area contributed by atoms with Crippen molar-refractivity contribution in [3.8, 4) is 0 Å². The number of rotatable bonds is 8. The van der Waals surface area contributed by atoms with Crippen LogP contribution < -0.4 is 20.7 Å². The van der Waals surface area contributed by atoms with E-state index in [9.17, 15) is 9.59 Å². The first-order valence-corrected chi connectivity index (χ1v) is 17.4. The molecule has 0 aliphatic carbocycles. The van der Waals surface area contributed by atoms with Crippen LogP contribution in [-0.4, -0.2) is 35.3 Å². The predicted octanol–water partition coefficient (Wildman–Crippen LogP) is 2.22. The van der Waals surface area contributed by atoms with Gasteiger partial charge in [-0.15, -0.1) is 0 Å². The summed E-state index contributed by atoms with van der Waals surface area (Å²) in [4.78, 5) is 24.1. The Morgan fingerprint density at radius 2 is 0.636 bits per heavy atom. The minimum Gasteiger partial charge on any atom is -0.408 e. The van der Waals surface area contributed by atoms with Crippen molar-refractivity contribution in [3.63, 3.8) is 0 Å². The highest BCUT2D eigenvalue weighted by Gasteiger charge is 2.50. The largest absolute Gasteiger partial charge is 0.408 e. The van der Waals surface area contributed by atoms with Gasteiger partial charge in [0.15, 0.2) is 0 Å². The van der Waals surface area contributed by atoms with E-state index in [2.05, 4.69) is 0 Å². The van der Waals surface area contributed by atoms with Crippen LogP contribution in [0.5, 0.6) is 0 Å². The molecule has 0 aliphatic heterocycles. The first-order chi connectivity index (χ1) is 15.8. The van der Waals surface area contributed by atoms with Gasteiger partial charge in [-0.2, -0.15) is 0 Å². The normalized spacial score (nSPS) is 12.5. The van der Waals surface area contributed by atoms with Crippen LogP contribution in [0.4, 0.5) is 0 Å². The van der Waals surface area contributed by atoms with Crippen molar-refractivity contribution in [2.45, 2.75) is 13.1 Å². The molecular formula is C26H28O4Si3. The summed E-state index contributed by atoms with van der Waals surface area (Å²) in [5.41, 5.74) is 0. The highest BCUT2D eigenvalue weighted by Crippen LogP contribution is 2.19. The lowest BCUT2D eigenvalue weighted by Gasteiger charge is -2.39. The van der Waals surface area contributed by atoms with Gasteiger partial charge in [-0.25, -0.2) is 0 Å². The molecule has 4 rings (SSSR count). The van der Waals surface area contributed by atoms with Crippen molar-refractivity contribution < 1.29 is 17.8 Å². The second-order valence-electron chi connectivity index (χ2n) is 8.36. The zero-order chi connectivity index (χ0) is 23.4. The third kappa shape index (κ3) is 5.15. The van der Waals surface area contributed by atoms with Crippen LogP contribution in [0.1, 0.15) is 0 Å². The fourth-order valence-corrected chi connectivity index (χ4v) is 15.3. The molecule has 4 nitrogen and oxygen atoms in total.